The molecule has 0 aliphatic carbocycles. The molecule has 3 aromatic rings. The lowest BCUT2D eigenvalue weighted by atomic mass is 10.0. The minimum atomic E-state index is -1.76. The van der Waals surface area contributed by atoms with Crippen LogP contribution >= 0.6 is 0 Å². The molecule has 10 heteroatoms. The number of aliphatic hydroxyl groups is 1. The molecule has 9 nitrogen and oxygen atoms in total. The Kier molecular flexibility index (Phi) is 6.40. The fourth-order valence-corrected chi connectivity index (χ4v) is 2.74. The van der Waals surface area contributed by atoms with E-state index >= 15 is 0 Å². The summed E-state index contributed by atoms with van der Waals surface area (Å²) in [4.78, 5) is 34.3. The highest BCUT2D eigenvalue weighted by Crippen LogP contribution is 2.23. The number of carboxylic acids is 1. The van der Waals surface area contributed by atoms with E-state index in [-0.39, 0.29) is 18.1 Å². The molecule has 1 heterocycles. The second-order valence-electron chi connectivity index (χ2n) is 6.43. The predicted molar refractivity (Wildman–Crippen MR) is 103 cm³/mol. The zero-order valence-electron chi connectivity index (χ0n) is 15.5. The third-order valence-electron chi connectivity index (χ3n) is 4.20. The molecular weight excluding hydrogens is 397 g/mol. The van der Waals surface area contributed by atoms with E-state index in [1.165, 1.54) is 11.1 Å². The number of carboxylic acid groups (broad SMARTS) is 1. The third kappa shape index (κ3) is 5.19. The number of hydrogen-bond donors (Lipinski definition) is 4. The van der Waals surface area contributed by atoms with E-state index in [2.05, 4.69) is 5.43 Å². The second-order valence-corrected chi connectivity index (χ2v) is 6.43. The molecule has 3 rings (SSSR count). The van der Waals surface area contributed by atoms with Crippen molar-refractivity contribution in [3.63, 3.8) is 0 Å². The maximum atomic E-state index is 13.9. The molecule has 0 saturated carbocycles. The molecule has 0 aliphatic heterocycles. The number of aromatic nitrogens is 1. The third-order valence-corrected chi connectivity index (χ3v) is 4.20. The SMILES string of the molecule is O=C(NN(Cc1ccc(-c2ccccc2F)cc1)CC(O)C(=O)O)c1cc(=O)[nH]o1. The number of nitrogens with zero attached hydrogens (tertiary/aromatic N) is 1. The quantitative estimate of drug-likeness (QED) is 0.408. The van der Waals surface area contributed by atoms with Crippen molar-refractivity contribution in [2.45, 2.75) is 12.6 Å². The number of nitrogens with one attached hydrogen (secondary N) is 2. The number of aliphatic hydroxyl groups excluding tert-OH is 1. The molecule has 1 unspecified atom stereocenters. The van der Waals surface area contributed by atoms with Crippen LogP contribution in [-0.4, -0.2) is 44.9 Å². The zero-order valence-corrected chi connectivity index (χ0v) is 15.5. The fraction of sp³-hybridized carbons (Fsp3) is 0.150. The van der Waals surface area contributed by atoms with Crippen LogP contribution in [0, 0.1) is 5.82 Å². The summed E-state index contributed by atoms with van der Waals surface area (Å²) in [7, 11) is 0. The van der Waals surface area contributed by atoms with Crippen molar-refractivity contribution in [2.75, 3.05) is 6.54 Å². The Labute approximate surface area is 169 Å². The number of hydrogen-bond acceptors (Lipinski definition) is 6. The Morgan fingerprint density at radius 3 is 2.47 bits per heavy atom. The molecule has 2 aromatic carbocycles. The van der Waals surface area contributed by atoms with Gasteiger partial charge in [0, 0.05) is 12.1 Å². The summed E-state index contributed by atoms with van der Waals surface area (Å²) in [5, 5.41) is 21.8. The van der Waals surface area contributed by atoms with Gasteiger partial charge < -0.3 is 14.7 Å². The average Bonchev–Trinajstić information content (AvgIpc) is 3.15. The molecule has 0 saturated heterocycles. The van der Waals surface area contributed by atoms with Gasteiger partial charge in [0.15, 0.2) is 6.10 Å². The summed E-state index contributed by atoms with van der Waals surface area (Å²) in [6.07, 6.45) is -1.76. The molecule has 0 radical (unpaired) electrons. The van der Waals surface area contributed by atoms with E-state index in [4.69, 9.17) is 9.63 Å². The van der Waals surface area contributed by atoms with Crippen molar-refractivity contribution < 1.29 is 28.7 Å². The Morgan fingerprint density at radius 1 is 1.17 bits per heavy atom. The molecule has 1 aromatic heterocycles. The van der Waals surface area contributed by atoms with Crippen LogP contribution in [0.25, 0.3) is 11.1 Å². The van der Waals surface area contributed by atoms with E-state index in [9.17, 15) is 23.9 Å². The Balaban J connectivity index is 1.76. The summed E-state index contributed by atoms with van der Waals surface area (Å²) < 4.78 is 18.7. The zero-order chi connectivity index (χ0) is 21.7. The molecule has 0 spiro atoms. The Bertz CT molecular complexity index is 1090. The average molecular weight is 415 g/mol. The Hall–Kier alpha value is -3.76. The van der Waals surface area contributed by atoms with Crippen molar-refractivity contribution in [3.05, 3.63) is 82.1 Å². The van der Waals surface area contributed by atoms with E-state index < -0.39 is 30.1 Å². The first kappa shape index (κ1) is 21.0. The molecule has 30 heavy (non-hydrogen) atoms. The predicted octanol–water partition coefficient (Wildman–Crippen LogP) is 1.37. The highest BCUT2D eigenvalue weighted by molar-refractivity contribution is 5.90. The first-order valence-corrected chi connectivity index (χ1v) is 8.82. The molecule has 4 N–H and O–H groups in total. The smallest absolute Gasteiger partial charge is 0.333 e. The first-order valence-electron chi connectivity index (χ1n) is 8.82. The highest BCUT2D eigenvalue weighted by Gasteiger charge is 2.22. The van der Waals surface area contributed by atoms with E-state index in [0.717, 1.165) is 6.07 Å². The van der Waals surface area contributed by atoms with Gasteiger partial charge in [-0.2, -0.15) is 5.16 Å². The van der Waals surface area contributed by atoms with Crippen LogP contribution < -0.4 is 11.0 Å². The lowest BCUT2D eigenvalue weighted by molar-refractivity contribution is -0.148. The number of halogens is 1. The van der Waals surface area contributed by atoms with Gasteiger partial charge in [-0.25, -0.2) is 14.2 Å². The van der Waals surface area contributed by atoms with Crippen LogP contribution in [0.3, 0.4) is 0 Å². The van der Waals surface area contributed by atoms with Crippen LogP contribution in [-0.2, 0) is 11.3 Å². The lowest BCUT2D eigenvalue weighted by Gasteiger charge is -2.24. The van der Waals surface area contributed by atoms with Crippen molar-refractivity contribution in [1.82, 2.24) is 15.6 Å². The maximum absolute atomic E-state index is 13.9. The van der Waals surface area contributed by atoms with Gasteiger partial charge >= 0.3 is 11.9 Å². The number of aliphatic carboxylic acids is 1. The van der Waals surface area contributed by atoms with Crippen molar-refractivity contribution >= 4 is 11.9 Å². The fourth-order valence-electron chi connectivity index (χ4n) is 2.74. The molecular formula is C20H18FN3O6. The second kappa shape index (κ2) is 9.16. The summed E-state index contributed by atoms with van der Waals surface area (Å²) >= 11 is 0. The number of H-pyrrole nitrogens is 1. The monoisotopic (exact) mass is 415 g/mol. The summed E-state index contributed by atoms with van der Waals surface area (Å²) in [6, 6.07) is 14.0. The minimum absolute atomic E-state index is 0.0300. The molecule has 1 atom stereocenters. The van der Waals surface area contributed by atoms with E-state index in [1.807, 2.05) is 5.16 Å². The van der Waals surface area contributed by atoms with Crippen molar-refractivity contribution in [1.29, 1.82) is 0 Å². The number of carbonyl (C=O) groups is 2. The summed E-state index contributed by atoms with van der Waals surface area (Å²) in [5.74, 6) is -2.92. The molecule has 0 bridgehead atoms. The number of amides is 1. The minimum Gasteiger partial charge on any atom is -0.479 e. The van der Waals surface area contributed by atoms with Gasteiger partial charge in [-0.15, -0.1) is 0 Å². The lowest BCUT2D eigenvalue weighted by Crippen LogP contribution is -2.47. The van der Waals surface area contributed by atoms with Crippen LogP contribution in [0.2, 0.25) is 0 Å². The molecule has 156 valence electrons. The normalized spacial score (nSPS) is 12.0. The molecule has 0 fully saturated rings. The number of hydrazine groups is 1. The van der Waals surface area contributed by atoms with Crippen LogP contribution in [0.15, 0.2) is 63.9 Å². The van der Waals surface area contributed by atoms with Gasteiger partial charge in [0.05, 0.1) is 12.6 Å². The van der Waals surface area contributed by atoms with Gasteiger partial charge in [-0.05, 0) is 17.2 Å². The van der Waals surface area contributed by atoms with Gasteiger partial charge in [-0.1, -0.05) is 42.5 Å². The van der Waals surface area contributed by atoms with E-state index in [0.29, 0.717) is 16.7 Å². The first-order chi connectivity index (χ1) is 14.3. The van der Waals surface area contributed by atoms with Gasteiger partial charge in [-0.3, -0.25) is 15.0 Å². The maximum Gasteiger partial charge on any atom is 0.333 e. The number of aromatic amines is 1. The van der Waals surface area contributed by atoms with E-state index in [1.54, 1.807) is 42.5 Å². The largest absolute Gasteiger partial charge is 0.479 e. The van der Waals surface area contributed by atoms with Crippen molar-refractivity contribution in [2.24, 2.45) is 0 Å². The number of benzene rings is 2. The molecule has 1 amide bonds. The number of carbonyl (C=O) groups excluding carboxylic acids is 1. The number of rotatable bonds is 8. The Morgan fingerprint density at radius 2 is 1.87 bits per heavy atom. The topological polar surface area (TPSA) is 136 Å². The van der Waals surface area contributed by atoms with Crippen LogP contribution in [0.4, 0.5) is 4.39 Å². The van der Waals surface area contributed by atoms with Gasteiger partial charge in [0.1, 0.15) is 5.82 Å². The standard InChI is InChI=1S/C20H18FN3O6/c21-15-4-2-1-3-14(15)13-7-5-12(6-8-13)10-24(11-16(25)20(28)29)22-19(27)17-9-18(26)23-30-17/h1-9,16,25H,10-11H2,(H,22,27)(H,23,26)(H,28,29). The van der Waals surface area contributed by atoms with Crippen LogP contribution in [0.5, 0.6) is 0 Å². The molecule has 0 aliphatic rings. The summed E-state index contributed by atoms with van der Waals surface area (Å²) in [6.45, 7) is -0.396. The highest BCUT2D eigenvalue weighted by atomic mass is 19.1. The van der Waals surface area contributed by atoms with Gasteiger partial charge in [0.2, 0.25) is 5.76 Å². The van der Waals surface area contributed by atoms with Crippen LogP contribution in [0.1, 0.15) is 16.1 Å². The van der Waals surface area contributed by atoms with Gasteiger partial charge in [0.25, 0.3) is 5.56 Å². The summed E-state index contributed by atoms with van der Waals surface area (Å²) in [5.41, 5.74) is 3.51. The van der Waals surface area contributed by atoms with Crippen molar-refractivity contribution in [3.8, 4) is 11.1 Å².